The molecule has 0 atom stereocenters. The van der Waals surface area contributed by atoms with Gasteiger partial charge >= 0.3 is 5.69 Å². The zero-order valence-corrected chi connectivity index (χ0v) is 18.5. The van der Waals surface area contributed by atoms with Gasteiger partial charge < -0.3 is 14.8 Å². The Balaban J connectivity index is 0.00000256. The number of methoxy groups -OCH3 is 2. The zero-order chi connectivity index (χ0) is 20.7. The molecule has 1 N–H and O–H groups in total. The van der Waals surface area contributed by atoms with Crippen LogP contribution in [0.1, 0.15) is 22.3 Å². The maximum Gasteiger partial charge on any atom is 0.352 e. The molecule has 2 aromatic carbocycles. The van der Waals surface area contributed by atoms with E-state index >= 15 is 0 Å². The van der Waals surface area contributed by atoms with Crippen LogP contribution in [0, 0.1) is 20.8 Å². The quantitative estimate of drug-likeness (QED) is 0.677. The van der Waals surface area contributed by atoms with Gasteiger partial charge in [0.15, 0.2) is 11.5 Å². The van der Waals surface area contributed by atoms with Crippen LogP contribution in [0.15, 0.2) is 29.1 Å². The Morgan fingerprint density at radius 1 is 0.967 bits per heavy atom. The van der Waals surface area contributed by atoms with E-state index in [-0.39, 0.29) is 18.1 Å². The van der Waals surface area contributed by atoms with E-state index in [2.05, 4.69) is 29.4 Å². The molecule has 0 radical (unpaired) electrons. The number of benzene rings is 2. The summed E-state index contributed by atoms with van der Waals surface area (Å²) in [6.07, 6.45) is 0.703. The van der Waals surface area contributed by atoms with Gasteiger partial charge in [0.25, 0.3) is 0 Å². The minimum absolute atomic E-state index is 0. The summed E-state index contributed by atoms with van der Waals surface area (Å²) < 4.78 is 12.5. The van der Waals surface area contributed by atoms with Crippen LogP contribution in [0.2, 0.25) is 0 Å². The lowest BCUT2D eigenvalue weighted by Crippen LogP contribution is -2.30. The molecule has 2 heterocycles. The molecule has 30 heavy (non-hydrogen) atoms. The fourth-order valence-electron chi connectivity index (χ4n) is 3.95. The molecule has 0 saturated heterocycles. The van der Waals surface area contributed by atoms with Gasteiger partial charge in [-0.25, -0.2) is 4.79 Å². The normalized spacial score (nSPS) is 11.8. The summed E-state index contributed by atoms with van der Waals surface area (Å²) >= 11 is 0. The van der Waals surface area contributed by atoms with E-state index in [0.717, 1.165) is 27.9 Å². The molecule has 158 valence electrons. The highest BCUT2D eigenvalue weighted by molar-refractivity contribution is 5.85. The molecule has 0 fully saturated rings. The zero-order valence-electron chi connectivity index (χ0n) is 17.7. The van der Waals surface area contributed by atoms with E-state index in [9.17, 15) is 4.79 Å². The standard InChI is InChI=1S/C22H24N4O3.ClH/c1-12-8-13(2)19(14(3)9-12)23-21-24-20-16-11-18(29-5)17(28-4)10-15(16)6-7-26(20)22(27)25-21;/h8-11H,6-7H2,1-5H3,(H,23,25,27);1H. The Hall–Kier alpha value is -3.06. The van der Waals surface area contributed by atoms with E-state index < -0.39 is 0 Å². The fourth-order valence-corrected chi connectivity index (χ4v) is 3.95. The summed E-state index contributed by atoms with van der Waals surface area (Å²) in [5.41, 5.74) is 5.87. The van der Waals surface area contributed by atoms with Crippen LogP contribution in [0.4, 0.5) is 11.6 Å². The second kappa shape index (κ2) is 8.36. The molecular weight excluding hydrogens is 404 g/mol. The molecule has 0 unspecified atom stereocenters. The van der Waals surface area contributed by atoms with Crippen LogP contribution >= 0.6 is 12.4 Å². The molecule has 1 aliphatic heterocycles. The van der Waals surface area contributed by atoms with Gasteiger partial charge in [0, 0.05) is 17.8 Å². The number of ether oxygens (including phenoxy) is 2. The van der Waals surface area contributed by atoms with Crippen LogP contribution in [-0.2, 0) is 13.0 Å². The summed E-state index contributed by atoms with van der Waals surface area (Å²) in [7, 11) is 3.21. The van der Waals surface area contributed by atoms with Crippen molar-refractivity contribution in [1.82, 2.24) is 14.5 Å². The SMILES string of the molecule is COc1cc2c(cc1OC)-c1nc(Nc3c(C)cc(C)cc3C)nc(=O)n1CC2.Cl. The number of nitrogens with one attached hydrogen (secondary N) is 1. The Labute approximate surface area is 181 Å². The van der Waals surface area contributed by atoms with Gasteiger partial charge in [-0.15, -0.1) is 12.4 Å². The first-order valence-corrected chi connectivity index (χ1v) is 9.50. The Morgan fingerprint density at radius 2 is 1.60 bits per heavy atom. The minimum Gasteiger partial charge on any atom is -0.493 e. The smallest absolute Gasteiger partial charge is 0.352 e. The first-order chi connectivity index (χ1) is 13.9. The van der Waals surface area contributed by atoms with E-state index in [1.54, 1.807) is 18.8 Å². The number of aromatic nitrogens is 3. The van der Waals surface area contributed by atoms with Crippen LogP contribution in [0.3, 0.4) is 0 Å². The third-order valence-corrected chi connectivity index (χ3v) is 5.27. The van der Waals surface area contributed by atoms with Crippen molar-refractivity contribution >= 4 is 24.0 Å². The summed E-state index contributed by atoms with van der Waals surface area (Å²) in [4.78, 5) is 21.6. The molecule has 0 bridgehead atoms. The average Bonchev–Trinajstić information content (AvgIpc) is 2.69. The Morgan fingerprint density at radius 3 is 2.23 bits per heavy atom. The number of nitrogens with zero attached hydrogens (tertiary/aromatic N) is 3. The van der Waals surface area contributed by atoms with Crippen molar-refractivity contribution in [2.45, 2.75) is 33.7 Å². The van der Waals surface area contributed by atoms with Gasteiger partial charge in [-0.1, -0.05) is 17.7 Å². The lowest BCUT2D eigenvalue weighted by Gasteiger charge is -2.22. The molecule has 4 rings (SSSR count). The first-order valence-electron chi connectivity index (χ1n) is 9.50. The Bertz CT molecular complexity index is 1150. The number of anilines is 2. The molecule has 7 nitrogen and oxygen atoms in total. The van der Waals surface area contributed by atoms with Crippen LogP contribution in [0.25, 0.3) is 11.4 Å². The van der Waals surface area contributed by atoms with Gasteiger partial charge in [-0.05, 0) is 56.0 Å². The second-order valence-electron chi connectivity index (χ2n) is 7.32. The maximum atomic E-state index is 12.7. The third kappa shape index (κ3) is 3.73. The molecule has 8 heteroatoms. The number of hydrogen-bond acceptors (Lipinski definition) is 6. The highest BCUT2D eigenvalue weighted by Crippen LogP contribution is 2.37. The monoisotopic (exact) mass is 428 g/mol. The van der Waals surface area contributed by atoms with Crippen LogP contribution < -0.4 is 20.5 Å². The van der Waals surface area contributed by atoms with Crippen molar-refractivity contribution in [3.05, 3.63) is 57.0 Å². The number of aryl methyl sites for hydroxylation is 4. The summed E-state index contributed by atoms with van der Waals surface area (Å²) in [5.74, 6) is 2.14. The van der Waals surface area contributed by atoms with E-state index in [0.29, 0.717) is 36.2 Å². The van der Waals surface area contributed by atoms with Crippen molar-refractivity contribution < 1.29 is 9.47 Å². The summed E-state index contributed by atoms with van der Waals surface area (Å²) in [6, 6.07) is 8.00. The van der Waals surface area contributed by atoms with E-state index in [1.165, 1.54) is 5.56 Å². The number of fused-ring (bicyclic) bond motifs is 3. The van der Waals surface area contributed by atoms with Gasteiger partial charge in [-0.2, -0.15) is 9.97 Å². The number of hydrogen-bond donors (Lipinski definition) is 1. The molecule has 0 amide bonds. The number of halogens is 1. The van der Waals surface area contributed by atoms with Crippen LogP contribution in [-0.4, -0.2) is 28.8 Å². The lowest BCUT2D eigenvalue weighted by molar-refractivity contribution is 0.354. The van der Waals surface area contributed by atoms with Crippen molar-refractivity contribution in [2.75, 3.05) is 19.5 Å². The average molecular weight is 429 g/mol. The molecule has 1 aromatic heterocycles. The van der Waals surface area contributed by atoms with Crippen molar-refractivity contribution in [3.8, 4) is 22.9 Å². The first kappa shape index (κ1) is 21.6. The molecule has 0 saturated carbocycles. The van der Waals surface area contributed by atoms with Crippen molar-refractivity contribution in [1.29, 1.82) is 0 Å². The topological polar surface area (TPSA) is 78.3 Å². The van der Waals surface area contributed by atoms with Crippen LogP contribution in [0.5, 0.6) is 11.5 Å². The summed E-state index contributed by atoms with van der Waals surface area (Å²) in [6.45, 7) is 6.64. The minimum atomic E-state index is -0.319. The predicted octanol–water partition coefficient (Wildman–Crippen LogP) is 3.97. The predicted molar refractivity (Wildman–Crippen MR) is 120 cm³/mol. The molecule has 1 aliphatic rings. The highest BCUT2D eigenvalue weighted by Gasteiger charge is 2.23. The van der Waals surface area contributed by atoms with Crippen molar-refractivity contribution in [2.24, 2.45) is 0 Å². The van der Waals surface area contributed by atoms with Gasteiger partial charge in [-0.3, -0.25) is 4.57 Å². The summed E-state index contributed by atoms with van der Waals surface area (Å²) in [5, 5.41) is 3.25. The van der Waals surface area contributed by atoms with E-state index in [1.807, 2.05) is 26.0 Å². The van der Waals surface area contributed by atoms with Gasteiger partial charge in [0.2, 0.25) is 5.95 Å². The van der Waals surface area contributed by atoms with Gasteiger partial charge in [0.1, 0.15) is 5.82 Å². The van der Waals surface area contributed by atoms with Gasteiger partial charge in [0.05, 0.1) is 14.2 Å². The van der Waals surface area contributed by atoms with Crippen molar-refractivity contribution in [3.63, 3.8) is 0 Å². The molecule has 0 aliphatic carbocycles. The number of rotatable bonds is 4. The lowest BCUT2D eigenvalue weighted by atomic mass is 9.99. The Kier molecular flexibility index (Phi) is 6.03. The molecule has 3 aromatic rings. The molecule has 0 spiro atoms. The largest absolute Gasteiger partial charge is 0.493 e. The highest BCUT2D eigenvalue weighted by atomic mass is 35.5. The third-order valence-electron chi connectivity index (χ3n) is 5.27. The van der Waals surface area contributed by atoms with E-state index in [4.69, 9.17) is 14.5 Å². The second-order valence-corrected chi connectivity index (χ2v) is 7.32. The maximum absolute atomic E-state index is 12.7. The molecular formula is C22H25ClN4O3. The fraction of sp³-hybridized carbons (Fsp3) is 0.318.